The van der Waals surface area contributed by atoms with E-state index in [0.29, 0.717) is 24.2 Å². The van der Waals surface area contributed by atoms with E-state index >= 15 is 0 Å². The average Bonchev–Trinajstić information content (AvgIpc) is 3.07. The highest BCUT2D eigenvalue weighted by Gasteiger charge is 2.26. The molecule has 1 aliphatic heterocycles. The SMILES string of the molecule is Cc1ccc(C(=O)N2CCC(c3cc(C(N)=O)n[nH]3)CC2)cc1F. The summed E-state index contributed by atoms with van der Waals surface area (Å²) in [5.74, 6) is -0.891. The van der Waals surface area contributed by atoms with Gasteiger partial charge in [0, 0.05) is 30.3 Å². The molecule has 1 aromatic carbocycles. The van der Waals surface area contributed by atoms with E-state index in [1.807, 2.05) is 0 Å². The van der Waals surface area contributed by atoms with Crippen LogP contribution in [-0.4, -0.2) is 40.0 Å². The second-order valence-electron chi connectivity index (χ2n) is 6.10. The van der Waals surface area contributed by atoms with E-state index < -0.39 is 5.91 Å². The van der Waals surface area contributed by atoms with E-state index in [-0.39, 0.29) is 23.3 Å². The summed E-state index contributed by atoms with van der Waals surface area (Å²) in [6.07, 6.45) is 1.50. The Morgan fingerprint density at radius 1 is 1.29 bits per heavy atom. The first-order valence-electron chi connectivity index (χ1n) is 7.86. The van der Waals surface area contributed by atoms with Crippen LogP contribution in [-0.2, 0) is 0 Å². The number of piperidine rings is 1. The number of likely N-dealkylation sites (tertiary alicyclic amines) is 1. The van der Waals surface area contributed by atoms with Crippen molar-refractivity contribution in [2.24, 2.45) is 5.73 Å². The van der Waals surface area contributed by atoms with Crippen LogP contribution in [0.1, 0.15) is 50.9 Å². The van der Waals surface area contributed by atoms with Gasteiger partial charge in [0.15, 0.2) is 0 Å². The van der Waals surface area contributed by atoms with Crippen LogP contribution < -0.4 is 5.73 Å². The third-order valence-corrected chi connectivity index (χ3v) is 4.49. The number of nitrogens with zero attached hydrogens (tertiary/aromatic N) is 2. The van der Waals surface area contributed by atoms with Gasteiger partial charge in [-0.3, -0.25) is 14.7 Å². The molecule has 0 saturated carbocycles. The molecule has 7 heteroatoms. The molecule has 0 atom stereocenters. The number of rotatable bonds is 3. The predicted octanol–water partition coefficient (Wildman–Crippen LogP) is 1.98. The first kappa shape index (κ1) is 16.2. The van der Waals surface area contributed by atoms with E-state index in [1.165, 1.54) is 6.07 Å². The number of amides is 2. The number of aromatic amines is 1. The van der Waals surface area contributed by atoms with Crippen molar-refractivity contribution >= 4 is 11.8 Å². The molecule has 1 fully saturated rings. The second-order valence-corrected chi connectivity index (χ2v) is 6.10. The molecule has 1 saturated heterocycles. The van der Waals surface area contributed by atoms with Gasteiger partial charge >= 0.3 is 0 Å². The zero-order chi connectivity index (χ0) is 17.3. The van der Waals surface area contributed by atoms with E-state index in [0.717, 1.165) is 18.5 Å². The maximum Gasteiger partial charge on any atom is 0.269 e. The van der Waals surface area contributed by atoms with Gasteiger partial charge in [-0.25, -0.2) is 4.39 Å². The smallest absolute Gasteiger partial charge is 0.269 e. The maximum absolute atomic E-state index is 13.6. The van der Waals surface area contributed by atoms with Crippen molar-refractivity contribution < 1.29 is 14.0 Å². The number of primary amides is 1. The highest BCUT2D eigenvalue weighted by molar-refractivity contribution is 5.94. The Morgan fingerprint density at radius 3 is 2.58 bits per heavy atom. The maximum atomic E-state index is 13.6. The molecule has 0 spiro atoms. The highest BCUT2D eigenvalue weighted by atomic mass is 19.1. The van der Waals surface area contributed by atoms with Crippen molar-refractivity contribution in [1.29, 1.82) is 0 Å². The normalized spacial score (nSPS) is 15.5. The number of H-pyrrole nitrogens is 1. The number of nitrogens with two attached hydrogens (primary N) is 1. The molecule has 126 valence electrons. The lowest BCUT2D eigenvalue weighted by Gasteiger charge is -2.31. The molecule has 2 amide bonds. The molecule has 0 radical (unpaired) electrons. The Balaban J connectivity index is 1.64. The number of halogens is 1. The van der Waals surface area contributed by atoms with Gasteiger partial charge in [0.05, 0.1) is 0 Å². The Morgan fingerprint density at radius 2 is 2.00 bits per heavy atom. The van der Waals surface area contributed by atoms with Crippen molar-refractivity contribution in [2.75, 3.05) is 13.1 Å². The van der Waals surface area contributed by atoms with Crippen LogP contribution >= 0.6 is 0 Å². The number of aromatic nitrogens is 2. The quantitative estimate of drug-likeness (QED) is 0.901. The molecule has 2 heterocycles. The van der Waals surface area contributed by atoms with Gasteiger partial charge in [0.25, 0.3) is 11.8 Å². The number of nitrogens with one attached hydrogen (secondary N) is 1. The molecule has 1 aromatic heterocycles. The van der Waals surface area contributed by atoms with Crippen molar-refractivity contribution in [3.05, 3.63) is 52.6 Å². The zero-order valence-electron chi connectivity index (χ0n) is 13.4. The topological polar surface area (TPSA) is 92.1 Å². The summed E-state index contributed by atoms with van der Waals surface area (Å²) in [7, 11) is 0. The van der Waals surface area contributed by atoms with E-state index in [1.54, 1.807) is 30.0 Å². The number of hydrogen-bond acceptors (Lipinski definition) is 3. The predicted molar refractivity (Wildman–Crippen MR) is 86.1 cm³/mol. The number of aryl methyl sites for hydroxylation is 1. The Kier molecular flexibility index (Phi) is 4.33. The summed E-state index contributed by atoms with van der Waals surface area (Å²) < 4.78 is 13.6. The lowest BCUT2D eigenvalue weighted by Crippen LogP contribution is -2.38. The fourth-order valence-corrected chi connectivity index (χ4v) is 2.97. The van der Waals surface area contributed by atoms with Crippen LogP contribution in [0.2, 0.25) is 0 Å². The molecule has 0 aliphatic carbocycles. The summed E-state index contributed by atoms with van der Waals surface area (Å²) in [4.78, 5) is 25.3. The fraction of sp³-hybridized carbons (Fsp3) is 0.353. The molecule has 3 rings (SSSR count). The van der Waals surface area contributed by atoms with Gasteiger partial charge in [0.2, 0.25) is 0 Å². The molecule has 24 heavy (non-hydrogen) atoms. The molecule has 3 N–H and O–H groups in total. The van der Waals surface area contributed by atoms with Gasteiger partial charge in [-0.2, -0.15) is 5.10 Å². The van der Waals surface area contributed by atoms with Crippen molar-refractivity contribution in [2.45, 2.75) is 25.7 Å². The molecular formula is C17H19FN4O2. The van der Waals surface area contributed by atoms with Crippen molar-refractivity contribution in [1.82, 2.24) is 15.1 Å². The van der Waals surface area contributed by atoms with Crippen LogP contribution in [0.4, 0.5) is 4.39 Å². The average molecular weight is 330 g/mol. The Labute approximate surface area is 138 Å². The minimum absolute atomic E-state index is 0.158. The minimum Gasteiger partial charge on any atom is -0.364 e. The summed E-state index contributed by atoms with van der Waals surface area (Å²) in [5.41, 5.74) is 7.17. The summed E-state index contributed by atoms with van der Waals surface area (Å²) in [6, 6.07) is 6.23. The number of carbonyl (C=O) groups is 2. The number of hydrogen-bond donors (Lipinski definition) is 2. The number of benzene rings is 1. The summed E-state index contributed by atoms with van der Waals surface area (Å²) in [5, 5.41) is 6.73. The molecular weight excluding hydrogens is 311 g/mol. The first-order valence-corrected chi connectivity index (χ1v) is 7.86. The van der Waals surface area contributed by atoms with Crippen LogP contribution in [0.25, 0.3) is 0 Å². The van der Waals surface area contributed by atoms with Gasteiger partial charge in [-0.1, -0.05) is 6.07 Å². The molecule has 6 nitrogen and oxygen atoms in total. The monoisotopic (exact) mass is 330 g/mol. The third kappa shape index (κ3) is 3.15. The van der Waals surface area contributed by atoms with Gasteiger partial charge < -0.3 is 10.6 Å². The van der Waals surface area contributed by atoms with E-state index in [9.17, 15) is 14.0 Å². The summed E-state index contributed by atoms with van der Waals surface area (Å²) in [6.45, 7) is 2.81. The molecule has 1 aliphatic rings. The lowest BCUT2D eigenvalue weighted by atomic mass is 9.93. The van der Waals surface area contributed by atoms with Crippen molar-refractivity contribution in [3.63, 3.8) is 0 Å². The first-order chi connectivity index (χ1) is 11.5. The minimum atomic E-state index is -0.563. The largest absolute Gasteiger partial charge is 0.364 e. The fourth-order valence-electron chi connectivity index (χ4n) is 2.97. The van der Waals surface area contributed by atoms with Crippen LogP contribution in [0.15, 0.2) is 24.3 Å². The van der Waals surface area contributed by atoms with E-state index in [4.69, 9.17) is 5.73 Å². The highest BCUT2D eigenvalue weighted by Crippen LogP contribution is 2.28. The second kappa shape index (κ2) is 6.43. The van der Waals surface area contributed by atoms with Crippen molar-refractivity contribution in [3.8, 4) is 0 Å². The summed E-state index contributed by atoms with van der Waals surface area (Å²) >= 11 is 0. The molecule has 0 unspecified atom stereocenters. The number of carbonyl (C=O) groups excluding carboxylic acids is 2. The molecule has 0 bridgehead atoms. The lowest BCUT2D eigenvalue weighted by molar-refractivity contribution is 0.0711. The van der Waals surface area contributed by atoms with Crippen LogP contribution in [0.3, 0.4) is 0 Å². The standard InChI is InChI=1S/C17H19FN4O2/c1-10-2-3-12(8-13(10)18)17(24)22-6-4-11(5-7-22)14-9-15(16(19)23)21-20-14/h2-3,8-9,11H,4-7H2,1H3,(H2,19,23)(H,20,21). The Hall–Kier alpha value is -2.70. The van der Waals surface area contributed by atoms with Gasteiger partial charge in [-0.05, 0) is 43.5 Å². The van der Waals surface area contributed by atoms with Gasteiger partial charge in [-0.15, -0.1) is 0 Å². The Bertz CT molecular complexity index is 779. The molecule has 2 aromatic rings. The van der Waals surface area contributed by atoms with Gasteiger partial charge in [0.1, 0.15) is 11.5 Å². The van der Waals surface area contributed by atoms with E-state index in [2.05, 4.69) is 10.2 Å². The third-order valence-electron chi connectivity index (χ3n) is 4.49. The van der Waals surface area contributed by atoms with Crippen LogP contribution in [0.5, 0.6) is 0 Å². The zero-order valence-corrected chi connectivity index (χ0v) is 13.4. The van der Waals surface area contributed by atoms with Crippen LogP contribution in [0, 0.1) is 12.7 Å².